The zero-order valence-corrected chi connectivity index (χ0v) is 22.8. The molecule has 202 valence electrons. The summed E-state index contributed by atoms with van der Waals surface area (Å²) in [5, 5.41) is 0. The third kappa shape index (κ3) is 5.12. The summed E-state index contributed by atoms with van der Waals surface area (Å²) in [4.78, 5) is 32.1. The van der Waals surface area contributed by atoms with Crippen molar-refractivity contribution < 1.29 is 33.3 Å². The molecule has 2 aliphatic rings. The number of esters is 1. The van der Waals surface area contributed by atoms with E-state index in [4.69, 9.17) is 28.7 Å². The van der Waals surface area contributed by atoms with Crippen LogP contribution >= 0.6 is 0 Å². The molecule has 0 radical (unpaired) electrons. The van der Waals surface area contributed by atoms with E-state index in [1.807, 2.05) is 44.2 Å². The second-order valence-electron chi connectivity index (χ2n) is 9.49. The smallest absolute Gasteiger partial charge is 0.315 e. The van der Waals surface area contributed by atoms with E-state index in [-0.39, 0.29) is 18.1 Å². The van der Waals surface area contributed by atoms with Gasteiger partial charge >= 0.3 is 5.97 Å². The molecule has 38 heavy (non-hydrogen) atoms. The first kappa shape index (κ1) is 27.2. The van der Waals surface area contributed by atoms with Gasteiger partial charge in [0.2, 0.25) is 0 Å². The molecule has 0 N–H and O–H groups in total. The average molecular weight is 522 g/mol. The Morgan fingerprint density at radius 2 is 1.66 bits per heavy atom. The predicted octanol–water partition coefficient (Wildman–Crippen LogP) is 5.25. The third-order valence-corrected chi connectivity index (χ3v) is 7.25. The molecule has 1 aliphatic heterocycles. The van der Waals surface area contributed by atoms with Crippen LogP contribution in [0.15, 0.2) is 52.7 Å². The fourth-order valence-electron chi connectivity index (χ4n) is 5.41. The van der Waals surface area contributed by atoms with Gasteiger partial charge in [0.25, 0.3) is 0 Å². The first-order chi connectivity index (χ1) is 18.4. The monoisotopic (exact) mass is 521 g/mol. The number of ketones is 1. The molecule has 4 rings (SSSR count). The van der Waals surface area contributed by atoms with E-state index < -0.39 is 17.8 Å². The van der Waals surface area contributed by atoms with Crippen LogP contribution in [-0.2, 0) is 14.3 Å². The van der Waals surface area contributed by atoms with E-state index in [0.29, 0.717) is 59.4 Å². The van der Waals surface area contributed by atoms with E-state index in [1.165, 1.54) is 0 Å². The minimum atomic E-state index is -0.732. The Balaban J connectivity index is 1.81. The normalized spacial score (nSPS) is 20.8. The Morgan fingerprint density at radius 1 is 0.921 bits per heavy atom. The Hall–Kier alpha value is -3.81. The molecule has 3 atom stereocenters. The van der Waals surface area contributed by atoms with Gasteiger partial charge in [0.1, 0.15) is 17.4 Å². The van der Waals surface area contributed by atoms with Crippen molar-refractivity contribution in [2.75, 3.05) is 35.0 Å². The summed E-state index contributed by atoms with van der Waals surface area (Å²) >= 11 is 0. The highest BCUT2D eigenvalue weighted by Crippen LogP contribution is 2.49. The van der Waals surface area contributed by atoms with Crippen LogP contribution in [0.25, 0.3) is 0 Å². The van der Waals surface area contributed by atoms with Gasteiger partial charge in [-0.3, -0.25) is 14.6 Å². The maximum Gasteiger partial charge on any atom is 0.315 e. The van der Waals surface area contributed by atoms with Gasteiger partial charge in [0, 0.05) is 41.0 Å². The number of hydrogen-bond donors (Lipinski definition) is 0. The van der Waals surface area contributed by atoms with Gasteiger partial charge in [0.05, 0.1) is 35.0 Å². The predicted molar refractivity (Wildman–Crippen MR) is 144 cm³/mol. The maximum atomic E-state index is 13.9. The quantitative estimate of drug-likeness (QED) is 0.416. The molecular formula is C30H35NO7. The molecule has 0 fully saturated rings. The van der Waals surface area contributed by atoms with Gasteiger partial charge in [-0.15, -0.1) is 0 Å². The standard InChI is InChI=1S/C30H35NO7/c1-7-12-38-30(33)27-17(2)31-22-13-19(18-8-11-24(35-4)26(15-18)37-6)14-23(32)29(22)28(27)21-10-9-20(34-3)16-25(21)36-5/h8-11,15-16,19,27-28H,7,12-14H2,1-6H3/t19-,27?,28+/m0/s1. The molecule has 0 saturated heterocycles. The van der Waals surface area contributed by atoms with Crippen molar-refractivity contribution in [2.24, 2.45) is 10.9 Å². The molecule has 1 unspecified atom stereocenters. The molecule has 0 amide bonds. The minimum absolute atomic E-state index is 0.0431. The van der Waals surface area contributed by atoms with E-state index in [9.17, 15) is 9.59 Å². The molecule has 0 saturated carbocycles. The highest BCUT2D eigenvalue weighted by molar-refractivity contribution is 6.09. The highest BCUT2D eigenvalue weighted by Gasteiger charge is 2.45. The molecule has 2 aromatic carbocycles. The summed E-state index contributed by atoms with van der Waals surface area (Å²) in [6.07, 6.45) is 1.54. The van der Waals surface area contributed by atoms with Crippen molar-refractivity contribution in [3.05, 3.63) is 58.8 Å². The van der Waals surface area contributed by atoms with Crippen molar-refractivity contribution in [2.45, 2.75) is 44.9 Å². The summed E-state index contributed by atoms with van der Waals surface area (Å²) in [7, 11) is 6.33. The minimum Gasteiger partial charge on any atom is -0.497 e. The van der Waals surface area contributed by atoms with Crippen molar-refractivity contribution in [3.63, 3.8) is 0 Å². The first-order valence-corrected chi connectivity index (χ1v) is 12.8. The summed E-state index contributed by atoms with van der Waals surface area (Å²) in [5.41, 5.74) is 3.56. The molecule has 2 aromatic rings. The zero-order valence-electron chi connectivity index (χ0n) is 22.8. The average Bonchev–Trinajstić information content (AvgIpc) is 2.94. The Labute approximate surface area is 223 Å². The lowest BCUT2D eigenvalue weighted by molar-refractivity contribution is -0.146. The number of carbonyl (C=O) groups excluding carboxylic acids is 2. The van der Waals surface area contributed by atoms with Gasteiger partial charge in [0.15, 0.2) is 17.3 Å². The molecule has 8 nitrogen and oxygen atoms in total. The van der Waals surface area contributed by atoms with Crippen LogP contribution in [0.2, 0.25) is 0 Å². The van der Waals surface area contributed by atoms with Crippen LogP contribution in [-0.4, -0.2) is 52.5 Å². The third-order valence-electron chi connectivity index (χ3n) is 7.25. The van der Waals surface area contributed by atoms with Gasteiger partial charge in [-0.25, -0.2) is 0 Å². The zero-order chi connectivity index (χ0) is 27.4. The lowest BCUT2D eigenvalue weighted by Crippen LogP contribution is -2.38. The van der Waals surface area contributed by atoms with Crippen LogP contribution in [0.3, 0.4) is 0 Å². The largest absolute Gasteiger partial charge is 0.497 e. The number of aliphatic imine (C=N–C) groups is 1. The lowest BCUT2D eigenvalue weighted by atomic mass is 9.69. The molecule has 1 heterocycles. The Morgan fingerprint density at radius 3 is 2.32 bits per heavy atom. The summed E-state index contributed by atoms with van der Waals surface area (Å²) in [6.45, 7) is 4.07. The molecule has 1 aliphatic carbocycles. The van der Waals surface area contributed by atoms with Crippen molar-refractivity contribution in [3.8, 4) is 23.0 Å². The van der Waals surface area contributed by atoms with Gasteiger partial charge in [-0.1, -0.05) is 19.1 Å². The van der Waals surface area contributed by atoms with E-state index >= 15 is 0 Å². The van der Waals surface area contributed by atoms with E-state index in [2.05, 4.69) is 0 Å². The SMILES string of the molecule is CCCOC(=O)C1C(C)=NC2=C(C(=O)C[C@@H](c3ccc(OC)c(OC)c3)C2)[C@@H]1c1ccc(OC)cc1OC. The fourth-order valence-corrected chi connectivity index (χ4v) is 5.41. The molecule has 0 spiro atoms. The number of ether oxygens (including phenoxy) is 5. The summed E-state index contributed by atoms with van der Waals surface area (Å²) < 4.78 is 27.5. The summed E-state index contributed by atoms with van der Waals surface area (Å²) in [5.74, 6) is 0.574. The molecule has 8 heteroatoms. The fraction of sp³-hybridized carbons (Fsp3) is 0.433. The number of carbonyl (C=O) groups is 2. The highest BCUT2D eigenvalue weighted by atomic mass is 16.5. The first-order valence-electron chi connectivity index (χ1n) is 12.8. The van der Waals surface area contributed by atoms with E-state index in [1.54, 1.807) is 34.5 Å². The van der Waals surface area contributed by atoms with Crippen LogP contribution < -0.4 is 18.9 Å². The molecule has 0 bridgehead atoms. The van der Waals surface area contributed by atoms with Gasteiger partial charge in [-0.2, -0.15) is 0 Å². The van der Waals surface area contributed by atoms with Gasteiger partial charge in [-0.05, 0) is 49.4 Å². The molecule has 0 aromatic heterocycles. The number of nitrogens with zero attached hydrogens (tertiary/aromatic N) is 1. The second-order valence-corrected chi connectivity index (χ2v) is 9.49. The Bertz CT molecular complexity index is 1280. The second kappa shape index (κ2) is 11.7. The topological polar surface area (TPSA) is 92.7 Å². The van der Waals surface area contributed by atoms with Gasteiger partial charge < -0.3 is 23.7 Å². The van der Waals surface area contributed by atoms with Crippen LogP contribution in [0.4, 0.5) is 0 Å². The number of hydrogen-bond acceptors (Lipinski definition) is 8. The number of Topliss-reactive ketones (excluding diaryl/α,β-unsaturated/α-hetero) is 1. The number of methoxy groups -OCH3 is 4. The van der Waals surface area contributed by atoms with Crippen molar-refractivity contribution in [1.29, 1.82) is 0 Å². The summed E-state index contributed by atoms with van der Waals surface area (Å²) in [6, 6.07) is 11.2. The lowest BCUT2D eigenvalue weighted by Gasteiger charge is -2.37. The van der Waals surface area contributed by atoms with Crippen LogP contribution in [0, 0.1) is 5.92 Å². The number of benzene rings is 2. The number of allylic oxidation sites excluding steroid dienone is 2. The van der Waals surface area contributed by atoms with Crippen molar-refractivity contribution >= 4 is 17.5 Å². The van der Waals surface area contributed by atoms with Crippen LogP contribution in [0.5, 0.6) is 23.0 Å². The number of rotatable bonds is 9. The van der Waals surface area contributed by atoms with E-state index in [0.717, 1.165) is 11.1 Å². The van der Waals surface area contributed by atoms with Crippen LogP contribution in [0.1, 0.15) is 56.1 Å². The molecular weight excluding hydrogens is 486 g/mol. The Kier molecular flexibility index (Phi) is 8.39. The van der Waals surface area contributed by atoms with Crippen molar-refractivity contribution in [1.82, 2.24) is 0 Å². The maximum absolute atomic E-state index is 13.9.